The minimum Gasteiger partial charge on any atom is -0.348 e. The maximum atomic E-state index is 13.8. The first-order valence-electron chi connectivity index (χ1n) is 9.55. The number of nitrogens with one attached hydrogen (secondary N) is 2. The molecule has 0 atom stereocenters. The third-order valence-corrected chi connectivity index (χ3v) is 4.82. The number of likely N-dealkylation sites (tertiary alicyclic amines) is 1. The lowest BCUT2D eigenvalue weighted by atomic mass is 10.0. The van der Waals surface area contributed by atoms with Crippen molar-refractivity contribution in [3.8, 4) is 0 Å². The van der Waals surface area contributed by atoms with E-state index in [-0.39, 0.29) is 23.5 Å². The normalized spacial score (nSPS) is 14.3. The average molecular weight is 417 g/mol. The number of carbonyl (C=O) groups is 3. The van der Waals surface area contributed by atoms with Crippen LogP contribution in [-0.4, -0.2) is 51.7 Å². The van der Waals surface area contributed by atoms with Crippen molar-refractivity contribution in [3.05, 3.63) is 53.5 Å². The predicted molar refractivity (Wildman–Crippen MR) is 104 cm³/mol. The summed E-state index contributed by atoms with van der Waals surface area (Å²) in [6, 6.07) is 2.88. The van der Waals surface area contributed by atoms with Crippen LogP contribution in [0.25, 0.3) is 0 Å². The zero-order valence-corrected chi connectivity index (χ0v) is 16.3. The van der Waals surface area contributed by atoms with Gasteiger partial charge in [-0.25, -0.2) is 18.7 Å². The van der Waals surface area contributed by atoms with Crippen molar-refractivity contribution in [2.45, 2.75) is 32.2 Å². The molecule has 1 aliphatic heterocycles. The molecular weight excluding hydrogens is 396 g/mol. The molecule has 2 heterocycles. The molecule has 30 heavy (non-hydrogen) atoms. The molecule has 8 nitrogen and oxygen atoms in total. The summed E-state index contributed by atoms with van der Waals surface area (Å²) in [5.74, 6) is -3.86. The van der Waals surface area contributed by atoms with E-state index in [4.69, 9.17) is 0 Å². The second kappa shape index (κ2) is 9.38. The third kappa shape index (κ3) is 4.76. The Morgan fingerprint density at radius 2 is 1.70 bits per heavy atom. The van der Waals surface area contributed by atoms with Gasteiger partial charge in [-0.1, -0.05) is 13.0 Å². The number of halogens is 2. The summed E-state index contributed by atoms with van der Waals surface area (Å²) in [6.07, 6.45) is 4.12. The van der Waals surface area contributed by atoms with Gasteiger partial charge in [0.05, 0.1) is 0 Å². The summed E-state index contributed by atoms with van der Waals surface area (Å²) in [6.45, 7) is 2.87. The summed E-state index contributed by atoms with van der Waals surface area (Å²) in [5.41, 5.74) is -0.947. The zero-order chi connectivity index (χ0) is 21.7. The van der Waals surface area contributed by atoms with Gasteiger partial charge in [0.15, 0.2) is 11.5 Å². The number of benzene rings is 1. The second-order valence-electron chi connectivity index (χ2n) is 6.79. The first-order valence-corrected chi connectivity index (χ1v) is 9.55. The SMILES string of the molecule is CCC(=O)N1CCC(NC(=O)c2nccnc2NC(=O)c2c(F)cccc2F)CC1. The second-order valence-corrected chi connectivity index (χ2v) is 6.79. The van der Waals surface area contributed by atoms with Gasteiger partial charge in [-0.05, 0) is 25.0 Å². The Morgan fingerprint density at radius 3 is 2.33 bits per heavy atom. The van der Waals surface area contributed by atoms with Crippen LogP contribution in [0.4, 0.5) is 14.6 Å². The number of carbonyl (C=O) groups excluding carboxylic acids is 3. The monoisotopic (exact) mass is 417 g/mol. The van der Waals surface area contributed by atoms with Crippen molar-refractivity contribution in [2.24, 2.45) is 0 Å². The van der Waals surface area contributed by atoms with Gasteiger partial charge >= 0.3 is 0 Å². The molecule has 1 aromatic heterocycles. The van der Waals surface area contributed by atoms with Gasteiger partial charge in [-0.3, -0.25) is 14.4 Å². The molecule has 2 N–H and O–H groups in total. The first-order chi connectivity index (χ1) is 14.4. The number of hydrogen-bond donors (Lipinski definition) is 2. The maximum absolute atomic E-state index is 13.8. The molecule has 0 saturated carbocycles. The number of piperidine rings is 1. The zero-order valence-electron chi connectivity index (χ0n) is 16.3. The molecule has 0 unspecified atom stereocenters. The van der Waals surface area contributed by atoms with Crippen LogP contribution in [-0.2, 0) is 4.79 Å². The van der Waals surface area contributed by atoms with E-state index in [0.29, 0.717) is 32.4 Å². The van der Waals surface area contributed by atoms with E-state index in [1.807, 2.05) is 0 Å². The number of nitrogens with zero attached hydrogens (tertiary/aromatic N) is 3. The summed E-state index contributed by atoms with van der Waals surface area (Å²) in [4.78, 5) is 46.4. The van der Waals surface area contributed by atoms with Gasteiger partial charge < -0.3 is 15.5 Å². The molecule has 1 aromatic carbocycles. The van der Waals surface area contributed by atoms with Gasteiger partial charge in [-0.2, -0.15) is 0 Å². The van der Waals surface area contributed by atoms with Crippen molar-refractivity contribution >= 4 is 23.5 Å². The largest absolute Gasteiger partial charge is 0.348 e. The van der Waals surface area contributed by atoms with Crippen molar-refractivity contribution in [3.63, 3.8) is 0 Å². The minimum atomic E-state index is -1.08. The first kappa shape index (κ1) is 21.3. The van der Waals surface area contributed by atoms with Gasteiger partial charge in [0.1, 0.15) is 17.2 Å². The minimum absolute atomic E-state index is 0.0686. The Hall–Kier alpha value is -3.43. The number of aromatic nitrogens is 2. The molecular formula is C20H21F2N5O3. The average Bonchev–Trinajstić information content (AvgIpc) is 2.74. The molecule has 3 amide bonds. The van der Waals surface area contributed by atoms with Crippen LogP contribution in [0.2, 0.25) is 0 Å². The van der Waals surface area contributed by atoms with E-state index in [1.54, 1.807) is 11.8 Å². The number of hydrogen-bond acceptors (Lipinski definition) is 5. The van der Waals surface area contributed by atoms with Crippen LogP contribution >= 0.6 is 0 Å². The van der Waals surface area contributed by atoms with Crippen molar-refractivity contribution in [1.82, 2.24) is 20.2 Å². The van der Waals surface area contributed by atoms with Crippen LogP contribution in [0.15, 0.2) is 30.6 Å². The van der Waals surface area contributed by atoms with E-state index in [1.165, 1.54) is 12.4 Å². The molecule has 10 heteroatoms. The van der Waals surface area contributed by atoms with E-state index in [9.17, 15) is 23.2 Å². The molecule has 158 valence electrons. The fourth-order valence-corrected chi connectivity index (χ4v) is 3.23. The third-order valence-electron chi connectivity index (χ3n) is 4.82. The van der Waals surface area contributed by atoms with Crippen LogP contribution in [0.1, 0.15) is 47.0 Å². The Morgan fingerprint density at radius 1 is 1.07 bits per heavy atom. The Bertz CT molecular complexity index is 941. The van der Waals surface area contributed by atoms with E-state index < -0.39 is 29.0 Å². The fourth-order valence-electron chi connectivity index (χ4n) is 3.23. The topological polar surface area (TPSA) is 104 Å². The van der Waals surface area contributed by atoms with E-state index in [2.05, 4.69) is 20.6 Å². The molecule has 0 bridgehead atoms. The molecule has 0 aliphatic carbocycles. The summed E-state index contributed by atoms with van der Waals surface area (Å²) in [7, 11) is 0. The lowest BCUT2D eigenvalue weighted by molar-refractivity contribution is -0.131. The number of amides is 3. The molecule has 2 aromatic rings. The van der Waals surface area contributed by atoms with E-state index in [0.717, 1.165) is 18.2 Å². The molecule has 1 fully saturated rings. The maximum Gasteiger partial charge on any atom is 0.273 e. The highest BCUT2D eigenvalue weighted by atomic mass is 19.1. The molecule has 3 rings (SSSR count). The highest BCUT2D eigenvalue weighted by Gasteiger charge is 2.26. The number of anilines is 1. The van der Waals surface area contributed by atoms with Gasteiger partial charge in [0.25, 0.3) is 11.8 Å². The van der Waals surface area contributed by atoms with Crippen LogP contribution < -0.4 is 10.6 Å². The highest BCUT2D eigenvalue weighted by molar-refractivity contribution is 6.07. The Balaban J connectivity index is 1.69. The summed E-state index contributed by atoms with van der Waals surface area (Å²) in [5, 5.41) is 5.06. The van der Waals surface area contributed by atoms with Crippen LogP contribution in [0, 0.1) is 11.6 Å². The molecule has 0 spiro atoms. The van der Waals surface area contributed by atoms with Gasteiger partial charge in [-0.15, -0.1) is 0 Å². The Labute approximate surface area is 171 Å². The van der Waals surface area contributed by atoms with Crippen molar-refractivity contribution in [2.75, 3.05) is 18.4 Å². The molecule has 1 aliphatic rings. The van der Waals surface area contributed by atoms with Crippen molar-refractivity contribution < 1.29 is 23.2 Å². The van der Waals surface area contributed by atoms with Crippen LogP contribution in [0.3, 0.4) is 0 Å². The predicted octanol–water partition coefficient (Wildman–Crippen LogP) is 2.14. The number of rotatable bonds is 5. The molecule has 0 radical (unpaired) electrons. The standard InChI is InChI=1S/C20H21F2N5O3/c1-2-15(28)27-10-6-12(7-11-27)25-20(30)17-18(24-9-8-23-17)26-19(29)16-13(21)4-3-5-14(16)22/h3-5,8-9,12H,2,6-7,10-11H2,1H3,(H,25,30)(H,24,26,29). The van der Waals surface area contributed by atoms with Gasteiger partial charge in [0, 0.05) is 37.9 Å². The highest BCUT2D eigenvalue weighted by Crippen LogP contribution is 2.17. The lowest BCUT2D eigenvalue weighted by Gasteiger charge is -2.32. The fraction of sp³-hybridized carbons (Fsp3) is 0.350. The van der Waals surface area contributed by atoms with Crippen molar-refractivity contribution in [1.29, 1.82) is 0 Å². The molecule has 1 saturated heterocycles. The summed E-state index contributed by atoms with van der Waals surface area (Å²) >= 11 is 0. The van der Waals surface area contributed by atoms with Crippen LogP contribution in [0.5, 0.6) is 0 Å². The quantitative estimate of drug-likeness (QED) is 0.776. The Kier molecular flexibility index (Phi) is 6.65. The smallest absolute Gasteiger partial charge is 0.273 e. The van der Waals surface area contributed by atoms with E-state index >= 15 is 0 Å². The lowest BCUT2D eigenvalue weighted by Crippen LogP contribution is -2.46. The van der Waals surface area contributed by atoms with Gasteiger partial charge in [0.2, 0.25) is 5.91 Å². The summed E-state index contributed by atoms with van der Waals surface area (Å²) < 4.78 is 27.7.